The highest BCUT2D eigenvalue weighted by Gasteiger charge is 2.11. The van der Waals surface area contributed by atoms with Crippen LogP contribution in [0.3, 0.4) is 0 Å². The quantitative estimate of drug-likeness (QED) is 0.706. The summed E-state index contributed by atoms with van der Waals surface area (Å²) in [5.74, 6) is 0.903. The van der Waals surface area contributed by atoms with Crippen LogP contribution in [0.15, 0.2) is 23.5 Å². The highest BCUT2D eigenvalue weighted by molar-refractivity contribution is 6.09. The molecule has 0 spiro atoms. The van der Waals surface area contributed by atoms with Crippen LogP contribution in [0.4, 0.5) is 5.82 Å². The van der Waals surface area contributed by atoms with Crippen LogP contribution in [0.1, 0.15) is 18.4 Å². The zero-order valence-electron chi connectivity index (χ0n) is 11.7. The van der Waals surface area contributed by atoms with Gasteiger partial charge < -0.3 is 21.5 Å². The lowest BCUT2D eigenvalue weighted by Crippen LogP contribution is -2.29. The molecule has 1 fully saturated rings. The summed E-state index contributed by atoms with van der Waals surface area (Å²) in [6.07, 6.45) is 7.11. The van der Waals surface area contributed by atoms with Crippen molar-refractivity contribution < 1.29 is 4.74 Å². The molecule has 0 radical (unpaired) electrons. The van der Waals surface area contributed by atoms with E-state index in [1.165, 1.54) is 6.20 Å². The molecule has 1 aromatic rings. The van der Waals surface area contributed by atoms with E-state index in [0.717, 1.165) is 37.1 Å². The standard InChI is InChI=1S/C14H21N5O/c1-20-13-6-10(8-19-14(13)16)11(7-15)9-18-12-2-4-17-5-3-12/h6-9,12,17H,2-5,15H2,1H3,(H2,16,19). The Kier molecular flexibility index (Phi) is 4.95. The van der Waals surface area contributed by atoms with Crippen molar-refractivity contribution in [2.24, 2.45) is 10.7 Å². The normalized spacial score (nSPS) is 17.6. The van der Waals surface area contributed by atoms with Crippen molar-refractivity contribution in [3.8, 4) is 5.75 Å². The van der Waals surface area contributed by atoms with Crippen LogP contribution in [0, 0.1) is 0 Å². The van der Waals surface area contributed by atoms with Gasteiger partial charge in [0.25, 0.3) is 0 Å². The third kappa shape index (κ3) is 3.48. The summed E-state index contributed by atoms with van der Waals surface area (Å²) in [5.41, 5.74) is 13.0. The maximum atomic E-state index is 5.71. The molecule has 0 aliphatic carbocycles. The van der Waals surface area contributed by atoms with Gasteiger partial charge in [0, 0.05) is 29.7 Å². The van der Waals surface area contributed by atoms with Crippen molar-refractivity contribution in [2.45, 2.75) is 18.9 Å². The van der Waals surface area contributed by atoms with Gasteiger partial charge in [-0.3, -0.25) is 4.99 Å². The zero-order chi connectivity index (χ0) is 14.4. The fraction of sp³-hybridized carbons (Fsp3) is 0.429. The van der Waals surface area contributed by atoms with Gasteiger partial charge in [-0.05, 0) is 32.0 Å². The third-order valence-corrected chi connectivity index (χ3v) is 3.35. The molecule has 0 atom stereocenters. The van der Waals surface area contributed by atoms with Crippen molar-refractivity contribution in [1.29, 1.82) is 0 Å². The van der Waals surface area contributed by atoms with Crippen LogP contribution in [0.2, 0.25) is 0 Å². The van der Waals surface area contributed by atoms with Gasteiger partial charge in [-0.1, -0.05) is 0 Å². The first-order valence-electron chi connectivity index (χ1n) is 6.70. The Morgan fingerprint density at radius 1 is 1.50 bits per heavy atom. The third-order valence-electron chi connectivity index (χ3n) is 3.35. The summed E-state index contributed by atoms with van der Waals surface area (Å²) in [7, 11) is 1.56. The lowest BCUT2D eigenvalue weighted by atomic mass is 10.1. The number of methoxy groups -OCH3 is 1. The van der Waals surface area contributed by atoms with Crippen molar-refractivity contribution in [2.75, 3.05) is 25.9 Å². The molecule has 0 amide bonds. The van der Waals surface area contributed by atoms with Crippen molar-refractivity contribution >= 4 is 17.6 Å². The summed E-state index contributed by atoms with van der Waals surface area (Å²) in [6, 6.07) is 2.17. The van der Waals surface area contributed by atoms with Crippen molar-refractivity contribution in [1.82, 2.24) is 10.3 Å². The number of ether oxygens (including phenoxy) is 1. The minimum absolute atomic E-state index is 0.356. The van der Waals surface area contributed by atoms with Crippen LogP contribution < -0.4 is 21.5 Å². The fourth-order valence-electron chi connectivity index (χ4n) is 2.13. The average molecular weight is 275 g/mol. The van der Waals surface area contributed by atoms with Gasteiger partial charge in [0.05, 0.1) is 13.2 Å². The van der Waals surface area contributed by atoms with Gasteiger partial charge in [0.2, 0.25) is 0 Å². The van der Waals surface area contributed by atoms with E-state index in [9.17, 15) is 0 Å². The van der Waals surface area contributed by atoms with E-state index in [4.69, 9.17) is 16.2 Å². The number of pyridine rings is 1. The summed E-state index contributed by atoms with van der Waals surface area (Å²) < 4.78 is 5.17. The first kappa shape index (κ1) is 14.3. The molecule has 1 aliphatic rings. The minimum atomic E-state index is 0.356. The predicted molar refractivity (Wildman–Crippen MR) is 81.7 cm³/mol. The molecular formula is C14H21N5O. The molecule has 108 valence electrons. The van der Waals surface area contributed by atoms with E-state index >= 15 is 0 Å². The number of anilines is 1. The smallest absolute Gasteiger partial charge is 0.166 e. The molecule has 0 aromatic carbocycles. The van der Waals surface area contributed by atoms with Crippen LogP contribution in [0.5, 0.6) is 5.75 Å². The van der Waals surface area contributed by atoms with Gasteiger partial charge >= 0.3 is 0 Å². The Hall–Kier alpha value is -2.08. The SMILES string of the molecule is COc1cc(C(C=NC2CCNCC2)=CN)cnc1N. The molecule has 6 heteroatoms. The Morgan fingerprint density at radius 2 is 2.25 bits per heavy atom. The Morgan fingerprint density at radius 3 is 2.90 bits per heavy atom. The first-order valence-corrected chi connectivity index (χ1v) is 6.70. The number of hydrogen-bond acceptors (Lipinski definition) is 6. The lowest BCUT2D eigenvalue weighted by molar-refractivity contribution is 0.415. The van der Waals surface area contributed by atoms with E-state index < -0.39 is 0 Å². The predicted octanol–water partition coefficient (Wildman–Crippen LogP) is 0.795. The zero-order valence-corrected chi connectivity index (χ0v) is 11.7. The number of nitrogens with two attached hydrogens (primary N) is 2. The van der Waals surface area contributed by atoms with E-state index in [-0.39, 0.29) is 0 Å². The number of rotatable bonds is 4. The van der Waals surface area contributed by atoms with Crippen LogP contribution in [-0.4, -0.2) is 37.4 Å². The molecular weight excluding hydrogens is 254 g/mol. The second-order valence-corrected chi connectivity index (χ2v) is 4.69. The number of hydrogen-bond donors (Lipinski definition) is 3. The van der Waals surface area contributed by atoms with Crippen LogP contribution in [-0.2, 0) is 0 Å². The monoisotopic (exact) mass is 275 g/mol. The molecule has 0 bridgehead atoms. The number of aromatic nitrogens is 1. The van der Waals surface area contributed by atoms with Crippen LogP contribution in [0.25, 0.3) is 5.57 Å². The molecule has 0 saturated carbocycles. The van der Waals surface area contributed by atoms with Gasteiger partial charge in [0.1, 0.15) is 0 Å². The molecule has 2 heterocycles. The van der Waals surface area contributed by atoms with Gasteiger partial charge in [-0.15, -0.1) is 0 Å². The topological polar surface area (TPSA) is 98.5 Å². The number of nitrogens with zero attached hydrogens (tertiary/aromatic N) is 2. The van der Waals surface area contributed by atoms with Crippen LogP contribution >= 0.6 is 0 Å². The highest BCUT2D eigenvalue weighted by Crippen LogP contribution is 2.23. The van der Waals surface area contributed by atoms with E-state index in [1.807, 2.05) is 12.3 Å². The molecule has 0 unspecified atom stereocenters. The number of allylic oxidation sites excluding steroid dienone is 1. The van der Waals surface area contributed by atoms with E-state index in [1.54, 1.807) is 13.3 Å². The summed E-state index contributed by atoms with van der Waals surface area (Å²) in [5, 5.41) is 3.32. The highest BCUT2D eigenvalue weighted by atomic mass is 16.5. The molecule has 1 saturated heterocycles. The second kappa shape index (κ2) is 6.91. The summed E-state index contributed by atoms with van der Waals surface area (Å²) in [6.45, 7) is 2.03. The number of nitrogen functional groups attached to an aromatic ring is 1. The first-order chi connectivity index (χ1) is 9.74. The van der Waals surface area contributed by atoms with Gasteiger partial charge in [-0.2, -0.15) is 0 Å². The van der Waals surface area contributed by atoms with Gasteiger partial charge in [-0.25, -0.2) is 4.98 Å². The molecule has 1 aliphatic heterocycles. The Bertz CT molecular complexity index is 506. The lowest BCUT2D eigenvalue weighted by Gasteiger charge is -2.18. The maximum Gasteiger partial charge on any atom is 0.166 e. The summed E-state index contributed by atoms with van der Waals surface area (Å²) >= 11 is 0. The van der Waals surface area contributed by atoms with Gasteiger partial charge in [0.15, 0.2) is 11.6 Å². The molecule has 1 aromatic heterocycles. The van der Waals surface area contributed by atoms with E-state index in [0.29, 0.717) is 17.6 Å². The molecule has 5 N–H and O–H groups in total. The van der Waals surface area contributed by atoms with E-state index in [2.05, 4.69) is 15.3 Å². The average Bonchev–Trinajstić information content (AvgIpc) is 2.50. The number of piperidine rings is 1. The molecule has 6 nitrogen and oxygen atoms in total. The summed E-state index contributed by atoms with van der Waals surface area (Å²) in [4.78, 5) is 8.69. The van der Waals surface area contributed by atoms with Crippen molar-refractivity contribution in [3.63, 3.8) is 0 Å². The largest absolute Gasteiger partial charge is 0.493 e. The van der Waals surface area contributed by atoms with Crippen molar-refractivity contribution in [3.05, 3.63) is 24.0 Å². The fourth-order valence-corrected chi connectivity index (χ4v) is 2.13. The minimum Gasteiger partial charge on any atom is -0.493 e. The molecule has 2 rings (SSSR count). The maximum absolute atomic E-state index is 5.71. The molecule has 20 heavy (non-hydrogen) atoms. The second-order valence-electron chi connectivity index (χ2n) is 4.69. The Balaban J connectivity index is 2.13. The number of nitrogens with one attached hydrogen (secondary N) is 1. The number of aliphatic imine (C=N–C) groups is 1. The Labute approximate surface area is 118 Å².